The normalized spacial score (nSPS) is 10.2. The molecule has 1 amide bonds. The summed E-state index contributed by atoms with van der Waals surface area (Å²) in [6.45, 7) is 5.07. The van der Waals surface area contributed by atoms with Crippen LogP contribution < -0.4 is 10.1 Å². The van der Waals surface area contributed by atoms with E-state index in [9.17, 15) is 4.79 Å². The lowest BCUT2D eigenvalue weighted by Crippen LogP contribution is -2.28. The predicted molar refractivity (Wildman–Crippen MR) is 92.9 cm³/mol. The number of carbonyl (C=O) groups is 1. The van der Waals surface area contributed by atoms with Crippen molar-refractivity contribution in [3.05, 3.63) is 62.7 Å². The van der Waals surface area contributed by atoms with E-state index in [0.717, 1.165) is 9.32 Å². The zero-order valence-corrected chi connectivity index (χ0v) is 14.3. The summed E-state index contributed by atoms with van der Waals surface area (Å²) in [5.74, 6) is 0.763. The summed E-state index contributed by atoms with van der Waals surface area (Å²) in [5, 5.41) is 2.86. The van der Waals surface area contributed by atoms with Gasteiger partial charge in [0.2, 0.25) is 0 Å². The fraction of sp³-hybridized carbons (Fsp3) is 0.235. The van der Waals surface area contributed by atoms with Crippen LogP contribution in [0.2, 0.25) is 0 Å². The minimum atomic E-state index is -0.0720. The minimum absolute atomic E-state index is 0.0720. The van der Waals surface area contributed by atoms with Crippen LogP contribution in [0, 0.1) is 17.4 Å². The number of amides is 1. The van der Waals surface area contributed by atoms with Crippen molar-refractivity contribution >= 4 is 28.5 Å². The maximum Gasteiger partial charge on any atom is 0.251 e. The van der Waals surface area contributed by atoms with E-state index in [2.05, 4.69) is 41.8 Å². The second-order valence-corrected chi connectivity index (χ2v) is 6.11. The van der Waals surface area contributed by atoms with E-state index in [1.165, 1.54) is 11.1 Å². The van der Waals surface area contributed by atoms with Crippen LogP contribution in [0.1, 0.15) is 21.5 Å². The highest BCUT2D eigenvalue weighted by atomic mass is 127. The van der Waals surface area contributed by atoms with Crippen LogP contribution >= 0.6 is 22.6 Å². The molecule has 0 radical (unpaired) electrons. The topological polar surface area (TPSA) is 38.3 Å². The Labute approximate surface area is 138 Å². The zero-order chi connectivity index (χ0) is 15.2. The summed E-state index contributed by atoms with van der Waals surface area (Å²) in [6, 6.07) is 13.5. The largest absolute Gasteiger partial charge is 0.492 e. The maximum atomic E-state index is 11.9. The molecule has 0 unspecified atom stereocenters. The van der Waals surface area contributed by atoms with Gasteiger partial charge in [0.25, 0.3) is 5.91 Å². The quantitative estimate of drug-likeness (QED) is 0.619. The maximum absolute atomic E-state index is 11.9. The van der Waals surface area contributed by atoms with Crippen molar-refractivity contribution < 1.29 is 9.53 Å². The summed E-state index contributed by atoms with van der Waals surface area (Å²) in [7, 11) is 0. The summed E-state index contributed by atoms with van der Waals surface area (Å²) < 4.78 is 6.68. The molecule has 110 valence electrons. The van der Waals surface area contributed by atoms with Crippen LogP contribution in [0.5, 0.6) is 5.75 Å². The first-order valence-corrected chi connectivity index (χ1v) is 7.88. The van der Waals surface area contributed by atoms with Gasteiger partial charge in [-0.05, 0) is 77.9 Å². The zero-order valence-electron chi connectivity index (χ0n) is 12.2. The Morgan fingerprint density at radius 3 is 2.67 bits per heavy atom. The molecule has 0 heterocycles. The van der Waals surface area contributed by atoms with Crippen molar-refractivity contribution in [2.75, 3.05) is 13.2 Å². The van der Waals surface area contributed by atoms with E-state index in [1.54, 1.807) is 0 Å². The molecule has 2 aromatic carbocycles. The number of hydrogen-bond donors (Lipinski definition) is 1. The average Bonchev–Trinajstić information content (AvgIpc) is 2.47. The highest BCUT2D eigenvalue weighted by Gasteiger charge is 2.05. The monoisotopic (exact) mass is 395 g/mol. The Morgan fingerprint density at radius 1 is 1.14 bits per heavy atom. The van der Waals surface area contributed by atoms with Gasteiger partial charge in [0, 0.05) is 9.13 Å². The number of benzene rings is 2. The lowest BCUT2D eigenvalue weighted by molar-refractivity contribution is 0.0947. The fourth-order valence-electron chi connectivity index (χ4n) is 1.87. The second-order valence-electron chi connectivity index (χ2n) is 4.86. The molecule has 2 aromatic rings. The molecular formula is C17H18INO2. The molecule has 0 aliphatic heterocycles. The first kappa shape index (κ1) is 15.8. The van der Waals surface area contributed by atoms with Crippen LogP contribution in [0.25, 0.3) is 0 Å². The third-order valence-corrected chi connectivity index (χ3v) is 3.89. The number of carbonyl (C=O) groups excluding carboxylic acids is 1. The number of halogens is 1. The Balaban J connectivity index is 1.79. The van der Waals surface area contributed by atoms with Gasteiger partial charge in [0.15, 0.2) is 0 Å². The number of ether oxygens (including phenoxy) is 1. The molecule has 0 saturated heterocycles. The van der Waals surface area contributed by atoms with Gasteiger partial charge in [0.05, 0.1) is 6.54 Å². The predicted octanol–water partition coefficient (Wildman–Crippen LogP) is 3.72. The van der Waals surface area contributed by atoms with Gasteiger partial charge < -0.3 is 10.1 Å². The van der Waals surface area contributed by atoms with Crippen molar-refractivity contribution in [2.45, 2.75) is 13.8 Å². The Bertz CT molecular complexity index is 640. The molecule has 0 fully saturated rings. The van der Waals surface area contributed by atoms with Crippen molar-refractivity contribution in [3.63, 3.8) is 0 Å². The van der Waals surface area contributed by atoms with Crippen LogP contribution in [0.4, 0.5) is 0 Å². The standard InChI is InChI=1S/C17H18INO2/c1-12-6-7-16(10-13(12)2)21-9-8-19-17(20)14-4-3-5-15(18)11-14/h3-7,10-11H,8-9H2,1-2H3,(H,19,20). The van der Waals surface area contributed by atoms with E-state index >= 15 is 0 Å². The van der Waals surface area contributed by atoms with E-state index in [1.807, 2.05) is 42.5 Å². The molecular weight excluding hydrogens is 377 g/mol. The van der Waals surface area contributed by atoms with Crippen molar-refractivity contribution in [1.29, 1.82) is 0 Å². The van der Waals surface area contributed by atoms with Gasteiger partial charge in [0.1, 0.15) is 12.4 Å². The molecule has 0 aliphatic carbocycles. The Hall–Kier alpha value is -1.56. The van der Waals surface area contributed by atoms with Crippen LogP contribution in [0.3, 0.4) is 0 Å². The summed E-state index contributed by atoms with van der Waals surface area (Å²) >= 11 is 2.19. The molecule has 2 rings (SSSR count). The molecule has 0 aliphatic rings. The summed E-state index contributed by atoms with van der Waals surface area (Å²) in [5.41, 5.74) is 3.12. The van der Waals surface area contributed by atoms with Gasteiger partial charge in [-0.3, -0.25) is 4.79 Å². The molecule has 21 heavy (non-hydrogen) atoms. The lowest BCUT2D eigenvalue weighted by Gasteiger charge is -2.09. The molecule has 0 saturated carbocycles. The van der Waals surface area contributed by atoms with Gasteiger partial charge in [-0.1, -0.05) is 12.1 Å². The number of nitrogens with one attached hydrogen (secondary N) is 1. The first-order chi connectivity index (χ1) is 10.1. The molecule has 0 aromatic heterocycles. The molecule has 0 spiro atoms. The lowest BCUT2D eigenvalue weighted by atomic mass is 10.1. The smallest absolute Gasteiger partial charge is 0.251 e. The molecule has 4 heteroatoms. The fourth-order valence-corrected chi connectivity index (χ4v) is 2.41. The molecule has 0 atom stereocenters. The van der Waals surface area contributed by atoms with Gasteiger partial charge in [-0.15, -0.1) is 0 Å². The van der Waals surface area contributed by atoms with E-state index < -0.39 is 0 Å². The Morgan fingerprint density at radius 2 is 1.95 bits per heavy atom. The highest BCUT2D eigenvalue weighted by Crippen LogP contribution is 2.16. The van der Waals surface area contributed by atoms with Gasteiger partial charge >= 0.3 is 0 Å². The van der Waals surface area contributed by atoms with Gasteiger partial charge in [-0.2, -0.15) is 0 Å². The Kier molecular flexibility index (Phi) is 5.61. The molecule has 0 bridgehead atoms. The van der Waals surface area contributed by atoms with E-state index in [4.69, 9.17) is 4.74 Å². The number of aryl methyl sites for hydroxylation is 2. The van der Waals surface area contributed by atoms with E-state index in [-0.39, 0.29) is 5.91 Å². The van der Waals surface area contributed by atoms with E-state index in [0.29, 0.717) is 18.7 Å². The highest BCUT2D eigenvalue weighted by molar-refractivity contribution is 14.1. The van der Waals surface area contributed by atoms with Crippen molar-refractivity contribution in [2.24, 2.45) is 0 Å². The molecule has 3 nitrogen and oxygen atoms in total. The van der Waals surface area contributed by atoms with Crippen molar-refractivity contribution in [3.8, 4) is 5.75 Å². The average molecular weight is 395 g/mol. The van der Waals surface area contributed by atoms with Crippen LogP contribution in [-0.2, 0) is 0 Å². The van der Waals surface area contributed by atoms with Gasteiger partial charge in [-0.25, -0.2) is 0 Å². The minimum Gasteiger partial charge on any atom is -0.492 e. The first-order valence-electron chi connectivity index (χ1n) is 6.80. The molecule has 1 N–H and O–H groups in total. The van der Waals surface area contributed by atoms with Crippen LogP contribution in [0.15, 0.2) is 42.5 Å². The summed E-state index contributed by atoms with van der Waals surface area (Å²) in [6.07, 6.45) is 0. The number of rotatable bonds is 5. The summed E-state index contributed by atoms with van der Waals surface area (Å²) in [4.78, 5) is 11.9. The third kappa shape index (κ3) is 4.74. The third-order valence-electron chi connectivity index (χ3n) is 3.22. The SMILES string of the molecule is Cc1ccc(OCCNC(=O)c2cccc(I)c2)cc1C. The van der Waals surface area contributed by atoms with Crippen molar-refractivity contribution in [1.82, 2.24) is 5.32 Å². The van der Waals surface area contributed by atoms with Crippen LogP contribution in [-0.4, -0.2) is 19.1 Å². The number of hydrogen-bond acceptors (Lipinski definition) is 2. The second kappa shape index (κ2) is 7.45.